The molecule has 0 radical (unpaired) electrons. The summed E-state index contributed by atoms with van der Waals surface area (Å²) in [5.41, 5.74) is 2.59. The van der Waals surface area contributed by atoms with E-state index in [1.807, 2.05) is 97.9 Å². The lowest BCUT2D eigenvalue weighted by Crippen LogP contribution is -2.64. The number of rotatable bonds is 23. The number of hydrogen-bond acceptors (Lipinski definition) is 15. The van der Waals surface area contributed by atoms with Gasteiger partial charge < -0.3 is 47.4 Å². The Kier molecular flexibility index (Phi) is 20.0. The highest BCUT2D eigenvalue weighted by Gasteiger charge is 2.55. The summed E-state index contributed by atoms with van der Waals surface area (Å²) in [6.45, 7) is 1.60. The van der Waals surface area contributed by atoms with Crippen molar-refractivity contribution in [3.05, 3.63) is 251 Å². The highest BCUT2D eigenvalue weighted by Crippen LogP contribution is 2.37. The van der Waals surface area contributed by atoms with Crippen LogP contribution >= 0.6 is 11.8 Å². The van der Waals surface area contributed by atoms with E-state index >= 15 is 0 Å². The molecule has 9 rings (SSSR count). The molecule has 402 valence electrons. The normalized spacial score (nSPS) is 22.8. The van der Waals surface area contributed by atoms with Gasteiger partial charge in [-0.05, 0) is 71.0 Å². The summed E-state index contributed by atoms with van der Waals surface area (Å²) in [5.74, 6) is -2.36. The third-order valence-electron chi connectivity index (χ3n) is 12.9. The monoisotopic (exact) mass is 1070 g/mol. The molecule has 2 heterocycles. The number of carbonyl (C=O) groups excluding carboxylic acids is 4. The van der Waals surface area contributed by atoms with Crippen LogP contribution in [0.15, 0.2) is 212 Å². The van der Waals surface area contributed by atoms with Gasteiger partial charge in [-0.15, -0.1) is 11.8 Å². The molecule has 14 nitrogen and oxygen atoms in total. The molecule has 0 aliphatic carbocycles. The van der Waals surface area contributed by atoms with E-state index in [0.717, 1.165) is 16.7 Å². The summed E-state index contributed by atoms with van der Waals surface area (Å²) in [6.07, 6.45) is -10.7. The van der Waals surface area contributed by atoms with Crippen molar-refractivity contribution in [2.24, 2.45) is 0 Å². The molecule has 78 heavy (non-hydrogen) atoms. The van der Waals surface area contributed by atoms with E-state index in [-0.39, 0.29) is 49.7 Å². The van der Waals surface area contributed by atoms with Gasteiger partial charge in [0.15, 0.2) is 24.6 Å². The number of thioether (sulfide) groups is 1. The van der Waals surface area contributed by atoms with Crippen LogP contribution in [0.3, 0.4) is 0 Å². The molecule has 2 aliphatic rings. The zero-order valence-corrected chi connectivity index (χ0v) is 43.7. The van der Waals surface area contributed by atoms with Gasteiger partial charge in [0, 0.05) is 0 Å². The average molecular weight is 1070 g/mol. The predicted octanol–water partition coefficient (Wildman–Crippen LogP) is 10.5. The molecule has 0 spiro atoms. The fourth-order valence-corrected chi connectivity index (χ4v) is 9.98. The Labute approximate surface area is 457 Å². The predicted molar refractivity (Wildman–Crippen MR) is 290 cm³/mol. The molecular formula is C63H60O14S. The first-order valence-corrected chi connectivity index (χ1v) is 26.9. The zero-order valence-electron chi connectivity index (χ0n) is 42.8. The molecule has 15 heteroatoms. The highest BCUT2D eigenvalue weighted by molar-refractivity contribution is 7.99. The second kappa shape index (κ2) is 28.2. The van der Waals surface area contributed by atoms with Crippen LogP contribution in [0.5, 0.6) is 0 Å². The topological polar surface area (TPSA) is 161 Å². The lowest BCUT2D eigenvalue weighted by molar-refractivity contribution is -0.333. The fraction of sp³-hybridized carbons (Fsp3) is 0.270. The van der Waals surface area contributed by atoms with Crippen LogP contribution in [0.2, 0.25) is 0 Å². The van der Waals surface area contributed by atoms with E-state index < -0.39 is 84.4 Å². The smallest absolute Gasteiger partial charge is 0.338 e. The van der Waals surface area contributed by atoms with Gasteiger partial charge in [-0.3, -0.25) is 0 Å². The molecule has 7 aromatic carbocycles. The van der Waals surface area contributed by atoms with Crippen LogP contribution in [0, 0.1) is 0 Å². The first-order chi connectivity index (χ1) is 38.3. The summed E-state index contributed by atoms with van der Waals surface area (Å²) in [4.78, 5) is 56.2. The number of hydrogen-bond donors (Lipinski definition) is 0. The lowest BCUT2D eigenvalue weighted by Gasteiger charge is -2.47. The Hall–Kier alpha value is -7.47. The van der Waals surface area contributed by atoms with Crippen LogP contribution in [-0.4, -0.2) is 103 Å². The van der Waals surface area contributed by atoms with Gasteiger partial charge >= 0.3 is 23.9 Å². The fourth-order valence-electron chi connectivity index (χ4n) is 9.03. The van der Waals surface area contributed by atoms with Gasteiger partial charge in [0.05, 0.1) is 48.7 Å². The summed E-state index contributed by atoms with van der Waals surface area (Å²) in [6, 6.07) is 62.5. The second-order valence-electron chi connectivity index (χ2n) is 18.3. The van der Waals surface area contributed by atoms with Gasteiger partial charge in [0.25, 0.3) is 0 Å². The Balaban J connectivity index is 1.10. The Bertz CT molecular complexity index is 2940. The van der Waals surface area contributed by atoms with Crippen molar-refractivity contribution >= 4 is 35.6 Å². The van der Waals surface area contributed by atoms with Crippen molar-refractivity contribution in [2.75, 3.05) is 19.0 Å². The van der Waals surface area contributed by atoms with Gasteiger partial charge in [-0.2, -0.15) is 0 Å². The standard InChI is InChI=1S/C63H60O14S/c1-2-78-63-57(77-61(67)49-36-22-9-23-37-49)55(76-60(66)48-34-20-8-21-35-48)53(75-59(65)47-32-18-7-19-33-47)51(74-63)42-72-62-56(70-40-45-28-14-5-15-29-45)54(69-39-44-26-12-4-13-27-44)52(68-38-43-24-10-3-11-25-43)50(73-62)41-71-58(64)46-30-16-6-17-31-46/h3-37,50-57,62-63H,2,38-42H2,1H3/t50-,51-,52-,53-,54+,55+,56-,57-,62+,63+/m1/s1. The van der Waals surface area contributed by atoms with Crippen molar-refractivity contribution < 1.29 is 66.5 Å². The molecule has 0 unspecified atom stereocenters. The van der Waals surface area contributed by atoms with Crippen LogP contribution in [-0.2, 0) is 67.2 Å². The summed E-state index contributed by atoms with van der Waals surface area (Å²) >= 11 is 1.30. The van der Waals surface area contributed by atoms with Crippen molar-refractivity contribution in [2.45, 2.75) is 87.3 Å². The van der Waals surface area contributed by atoms with Crippen molar-refractivity contribution in [1.82, 2.24) is 0 Å². The highest BCUT2D eigenvalue weighted by atomic mass is 32.2. The van der Waals surface area contributed by atoms with E-state index in [2.05, 4.69) is 0 Å². The largest absolute Gasteiger partial charge is 0.459 e. The molecule has 2 saturated heterocycles. The maximum atomic E-state index is 14.3. The van der Waals surface area contributed by atoms with Gasteiger partial charge in [0.2, 0.25) is 0 Å². The molecule has 0 amide bonds. The van der Waals surface area contributed by atoms with E-state index in [1.165, 1.54) is 11.8 Å². The molecule has 10 atom stereocenters. The minimum atomic E-state index is -1.46. The van der Waals surface area contributed by atoms with E-state index in [1.54, 1.807) is 121 Å². The number of ether oxygens (including phenoxy) is 10. The SMILES string of the molecule is CCS[C@@H]1O[C@H](CO[C@H]2O[C@H](COC(=O)c3ccccc3)[C@@H](OCc3ccccc3)[C@H](OCc3ccccc3)[C@H]2OCc2ccccc2)[C@@H](OC(=O)c2ccccc2)[C@H](OC(=O)c2ccccc2)[C@H]1OC(=O)c1ccccc1. The molecule has 2 aliphatic heterocycles. The minimum Gasteiger partial charge on any atom is -0.459 e. The average Bonchev–Trinajstić information content (AvgIpc) is 3.52. The molecule has 0 aromatic heterocycles. The Morgan fingerprint density at radius 3 is 1.17 bits per heavy atom. The van der Waals surface area contributed by atoms with E-state index in [4.69, 9.17) is 47.4 Å². The van der Waals surface area contributed by atoms with Crippen LogP contribution in [0.25, 0.3) is 0 Å². The third kappa shape index (κ3) is 15.0. The summed E-state index contributed by atoms with van der Waals surface area (Å²) < 4.78 is 66.3. The molecular weight excluding hydrogens is 1010 g/mol. The van der Waals surface area contributed by atoms with Crippen LogP contribution in [0.1, 0.15) is 65.0 Å². The maximum Gasteiger partial charge on any atom is 0.338 e. The van der Waals surface area contributed by atoms with Gasteiger partial charge in [-0.25, -0.2) is 19.2 Å². The summed E-state index contributed by atoms with van der Waals surface area (Å²) in [5, 5.41) is 0. The first-order valence-electron chi connectivity index (χ1n) is 25.8. The zero-order chi connectivity index (χ0) is 53.9. The molecule has 0 N–H and O–H groups in total. The molecule has 0 saturated carbocycles. The number of esters is 4. The minimum absolute atomic E-state index is 0.0947. The van der Waals surface area contributed by atoms with Crippen molar-refractivity contribution in [1.29, 1.82) is 0 Å². The molecule has 7 aromatic rings. The Morgan fingerprint density at radius 2 is 0.731 bits per heavy atom. The lowest BCUT2D eigenvalue weighted by atomic mass is 9.97. The van der Waals surface area contributed by atoms with E-state index in [0.29, 0.717) is 11.3 Å². The maximum absolute atomic E-state index is 14.3. The van der Waals surface area contributed by atoms with E-state index in [9.17, 15) is 19.2 Å². The van der Waals surface area contributed by atoms with Crippen LogP contribution in [0.4, 0.5) is 0 Å². The Morgan fingerprint density at radius 1 is 0.372 bits per heavy atom. The van der Waals surface area contributed by atoms with Gasteiger partial charge in [-0.1, -0.05) is 171 Å². The summed E-state index contributed by atoms with van der Waals surface area (Å²) in [7, 11) is 0. The van der Waals surface area contributed by atoms with Gasteiger partial charge in [0.1, 0.15) is 42.6 Å². The molecule has 2 fully saturated rings. The first kappa shape index (κ1) is 55.3. The third-order valence-corrected chi connectivity index (χ3v) is 14.0. The number of carbonyl (C=O) groups is 4. The number of benzene rings is 7. The quantitative estimate of drug-likeness (QED) is 0.0439. The van der Waals surface area contributed by atoms with Crippen molar-refractivity contribution in [3.8, 4) is 0 Å². The molecule has 0 bridgehead atoms. The second-order valence-corrected chi connectivity index (χ2v) is 19.7. The van der Waals surface area contributed by atoms with Crippen molar-refractivity contribution in [3.63, 3.8) is 0 Å². The van der Waals surface area contributed by atoms with Crippen LogP contribution < -0.4 is 0 Å².